The number of benzene rings is 1. The zero-order chi connectivity index (χ0) is 14.0. The molecule has 1 amide bonds. The maximum Gasteiger partial charge on any atom is 0.274 e. The first-order valence-electron chi connectivity index (χ1n) is 5.85. The molecular formula is C14H14BrN3O. The molecule has 19 heavy (non-hydrogen) atoms. The van der Waals surface area contributed by atoms with Gasteiger partial charge in [0.15, 0.2) is 0 Å². The third-order valence-electron chi connectivity index (χ3n) is 2.63. The molecule has 0 aliphatic carbocycles. The van der Waals surface area contributed by atoms with Gasteiger partial charge in [-0.1, -0.05) is 22.0 Å². The van der Waals surface area contributed by atoms with Crippen LogP contribution >= 0.6 is 15.9 Å². The average molecular weight is 320 g/mol. The van der Waals surface area contributed by atoms with E-state index >= 15 is 0 Å². The fraction of sp³-hybridized carbons (Fsp3) is 0.214. The number of hydrogen-bond acceptors (Lipinski definition) is 3. The van der Waals surface area contributed by atoms with Crippen LogP contribution in [0.2, 0.25) is 0 Å². The Labute approximate surface area is 120 Å². The van der Waals surface area contributed by atoms with Crippen LogP contribution in [0.4, 0.5) is 5.69 Å². The van der Waals surface area contributed by atoms with Crippen LogP contribution in [0.15, 0.2) is 28.7 Å². The van der Waals surface area contributed by atoms with Crippen LogP contribution in [0.3, 0.4) is 0 Å². The fourth-order valence-electron chi connectivity index (χ4n) is 1.70. The topological polar surface area (TPSA) is 54.9 Å². The second-order valence-corrected chi connectivity index (χ2v) is 5.21. The predicted octanol–water partition coefficient (Wildman–Crippen LogP) is 3.42. The standard InChI is InChI=1S/C14H14BrN3O/c1-8-4-5-11(7-12(8)15)18-14(19)13-6-9(2)16-10(3)17-13/h4-7H,1-3H3,(H,18,19). The zero-order valence-electron chi connectivity index (χ0n) is 11.0. The molecule has 0 saturated carbocycles. The van der Waals surface area contributed by atoms with E-state index in [1.807, 2.05) is 32.0 Å². The largest absolute Gasteiger partial charge is 0.321 e. The molecule has 0 saturated heterocycles. The molecule has 0 radical (unpaired) electrons. The lowest BCUT2D eigenvalue weighted by Gasteiger charge is -2.07. The highest BCUT2D eigenvalue weighted by Gasteiger charge is 2.10. The molecule has 0 aliphatic rings. The van der Waals surface area contributed by atoms with E-state index in [9.17, 15) is 4.79 Å². The zero-order valence-corrected chi connectivity index (χ0v) is 12.6. The number of aryl methyl sites for hydroxylation is 3. The smallest absolute Gasteiger partial charge is 0.274 e. The summed E-state index contributed by atoms with van der Waals surface area (Å²) in [4.78, 5) is 20.4. The molecule has 1 N–H and O–H groups in total. The number of anilines is 1. The number of hydrogen-bond donors (Lipinski definition) is 1. The highest BCUT2D eigenvalue weighted by molar-refractivity contribution is 9.10. The summed E-state index contributed by atoms with van der Waals surface area (Å²) >= 11 is 3.44. The minimum absolute atomic E-state index is 0.232. The summed E-state index contributed by atoms with van der Waals surface area (Å²) in [6.45, 7) is 5.60. The van der Waals surface area contributed by atoms with Crippen molar-refractivity contribution in [1.82, 2.24) is 9.97 Å². The second kappa shape index (κ2) is 5.48. The fourth-order valence-corrected chi connectivity index (χ4v) is 2.08. The maximum absolute atomic E-state index is 12.1. The van der Waals surface area contributed by atoms with Gasteiger partial charge in [0.05, 0.1) is 0 Å². The van der Waals surface area contributed by atoms with Gasteiger partial charge in [-0.15, -0.1) is 0 Å². The molecule has 2 aromatic rings. The van der Waals surface area contributed by atoms with Crippen molar-refractivity contribution >= 4 is 27.5 Å². The average Bonchev–Trinajstić information content (AvgIpc) is 2.32. The van der Waals surface area contributed by atoms with Gasteiger partial charge >= 0.3 is 0 Å². The third kappa shape index (κ3) is 3.38. The molecule has 0 fully saturated rings. The number of nitrogens with zero attached hydrogens (tertiary/aromatic N) is 2. The van der Waals surface area contributed by atoms with Crippen molar-refractivity contribution in [2.75, 3.05) is 5.32 Å². The Morgan fingerprint density at radius 1 is 1.16 bits per heavy atom. The van der Waals surface area contributed by atoms with Crippen molar-refractivity contribution in [3.8, 4) is 0 Å². The molecular weight excluding hydrogens is 306 g/mol. The van der Waals surface area contributed by atoms with Gasteiger partial charge in [0, 0.05) is 15.9 Å². The molecule has 0 unspecified atom stereocenters. The van der Waals surface area contributed by atoms with E-state index in [2.05, 4.69) is 31.2 Å². The normalized spacial score (nSPS) is 10.3. The van der Waals surface area contributed by atoms with Crippen molar-refractivity contribution in [2.45, 2.75) is 20.8 Å². The Hall–Kier alpha value is -1.75. The van der Waals surface area contributed by atoms with E-state index in [1.165, 1.54) is 0 Å². The van der Waals surface area contributed by atoms with Gasteiger partial charge in [-0.25, -0.2) is 9.97 Å². The number of aromatic nitrogens is 2. The van der Waals surface area contributed by atoms with Crippen molar-refractivity contribution in [1.29, 1.82) is 0 Å². The number of carbonyl (C=O) groups excluding carboxylic acids is 1. The molecule has 0 atom stereocenters. The lowest BCUT2D eigenvalue weighted by molar-refractivity contribution is 0.102. The van der Waals surface area contributed by atoms with Crippen LogP contribution in [0.5, 0.6) is 0 Å². The Morgan fingerprint density at radius 2 is 1.89 bits per heavy atom. The Kier molecular flexibility index (Phi) is 3.95. The molecule has 98 valence electrons. The molecule has 1 aromatic carbocycles. The van der Waals surface area contributed by atoms with E-state index in [0.29, 0.717) is 11.5 Å². The van der Waals surface area contributed by atoms with Gasteiger partial charge in [0.1, 0.15) is 11.5 Å². The van der Waals surface area contributed by atoms with Crippen molar-refractivity contribution in [3.05, 3.63) is 51.5 Å². The summed E-state index contributed by atoms with van der Waals surface area (Å²) < 4.78 is 0.959. The highest BCUT2D eigenvalue weighted by atomic mass is 79.9. The first-order valence-corrected chi connectivity index (χ1v) is 6.65. The highest BCUT2D eigenvalue weighted by Crippen LogP contribution is 2.21. The third-order valence-corrected chi connectivity index (χ3v) is 3.48. The molecule has 0 spiro atoms. The van der Waals surface area contributed by atoms with Crippen LogP contribution in [0, 0.1) is 20.8 Å². The molecule has 1 aromatic heterocycles. The van der Waals surface area contributed by atoms with Gasteiger partial charge in [-0.2, -0.15) is 0 Å². The molecule has 2 rings (SSSR count). The monoisotopic (exact) mass is 319 g/mol. The minimum atomic E-state index is -0.232. The molecule has 0 aliphatic heterocycles. The number of carbonyl (C=O) groups is 1. The number of rotatable bonds is 2. The number of nitrogens with one attached hydrogen (secondary N) is 1. The van der Waals surface area contributed by atoms with Gasteiger partial charge in [-0.3, -0.25) is 4.79 Å². The molecule has 5 heteroatoms. The van der Waals surface area contributed by atoms with Gasteiger partial charge in [0.25, 0.3) is 5.91 Å². The first kappa shape index (κ1) is 13.7. The van der Waals surface area contributed by atoms with Crippen LogP contribution in [-0.4, -0.2) is 15.9 Å². The van der Waals surface area contributed by atoms with E-state index in [1.54, 1.807) is 13.0 Å². The first-order chi connectivity index (χ1) is 8.95. The van der Waals surface area contributed by atoms with Crippen LogP contribution < -0.4 is 5.32 Å². The molecule has 1 heterocycles. The molecule has 4 nitrogen and oxygen atoms in total. The number of halogens is 1. The lowest BCUT2D eigenvalue weighted by Crippen LogP contribution is -2.15. The summed E-state index contributed by atoms with van der Waals surface area (Å²) in [5.41, 5.74) is 3.01. The quantitative estimate of drug-likeness (QED) is 0.922. The summed E-state index contributed by atoms with van der Waals surface area (Å²) in [6, 6.07) is 7.34. The second-order valence-electron chi connectivity index (χ2n) is 4.36. The number of amides is 1. The van der Waals surface area contributed by atoms with Crippen molar-refractivity contribution < 1.29 is 4.79 Å². The van der Waals surface area contributed by atoms with E-state index < -0.39 is 0 Å². The summed E-state index contributed by atoms with van der Waals surface area (Å²) in [7, 11) is 0. The Bertz CT molecular complexity index is 620. The summed E-state index contributed by atoms with van der Waals surface area (Å²) in [5, 5.41) is 2.82. The van der Waals surface area contributed by atoms with Gasteiger partial charge in [0.2, 0.25) is 0 Å². The van der Waals surface area contributed by atoms with Crippen LogP contribution in [-0.2, 0) is 0 Å². The summed E-state index contributed by atoms with van der Waals surface area (Å²) in [5.74, 6) is 0.361. The van der Waals surface area contributed by atoms with Gasteiger partial charge in [-0.05, 0) is 44.5 Å². The van der Waals surface area contributed by atoms with Crippen molar-refractivity contribution in [3.63, 3.8) is 0 Å². The van der Waals surface area contributed by atoms with E-state index in [-0.39, 0.29) is 5.91 Å². The molecule has 0 bridgehead atoms. The van der Waals surface area contributed by atoms with Crippen LogP contribution in [0.1, 0.15) is 27.6 Å². The maximum atomic E-state index is 12.1. The lowest BCUT2D eigenvalue weighted by atomic mass is 10.2. The van der Waals surface area contributed by atoms with Crippen LogP contribution in [0.25, 0.3) is 0 Å². The minimum Gasteiger partial charge on any atom is -0.321 e. The Morgan fingerprint density at radius 3 is 2.53 bits per heavy atom. The van der Waals surface area contributed by atoms with Crippen molar-refractivity contribution in [2.24, 2.45) is 0 Å². The van der Waals surface area contributed by atoms with Gasteiger partial charge < -0.3 is 5.32 Å². The SMILES string of the molecule is Cc1cc(C(=O)Nc2ccc(C)c(Br)c2)nc(C)n1. The predicted molar refractivity (Wildman–Crippen MR) is 78.3 cm³/mol. The summed E-state index contributed by atoms with van der Waals surface area (Å²) in [6.07, 6.45) is 0. The Balaban J connectivity index is 2.22. The van der Waals surface area contributed by atoms with E-state index in [0.717, 1.165) is 21.4 Å². The van der Waals surface area contributed by atoms with E-state index in [4.69, 9.17) is 0 Å².